The Morgan fingerprint density at radius 2 is 2.16 bits per heavy atom. The van der Waals surface area contributed by atoms with E-state index in [1.54, 1.807) is 18.8 Å². The van der Waals surface area contributed by atoms with Gasteiger partial charge in [0.15, 0.2) is 5.65 Å². The van der Waals surface area contributed by atoms with Crippen molar-refractivity contribution >= 4 is 17.1 Å². The molecule has 1 atom stereocenters. The molecular formula is C18H19N5O2. The summed E-state index contributed by atoms with van der Waals surface area (Å²) in [6.45, 7) is 0.835. The first-order valence-corrected chi connectivity index (χ1v) is 8.24. The van der Waals surface area contributed by atoms with Crippen molar-refractivity contribution in [2.75, 3.05) is 12.3 Å². The maximum Gasteiger partial charge on any atom is 0.222 e. The molecule has 1 aliphatic carbocycles. The predicted molar refractivity (Wildman–Crippen MR) is 94.0 cm³/mol. The number of nitrogen functional groups attached to an aromatic ring is 1. The minimum atomic E-state index is 0.125. The van der Waals surface area contributed by atoms with Gasteiger partial charge >= 0.3 is 0 Å². The van der Waals surface area contributed by atoms with Crippen LogP contribution in [0.4, 0.5) is 5.95 Å². The largest absolute Gasteiger partial charge is 0.464 e. The number of aliphatic hydroxyl groups excluding tert-OH is 1. The summed E-state index contributed by atoms with van der Waals surface area (Å²) in [6.07, 6.45) is 6.64. The van der Waals surface area contributed by atoms with Gasteiger partial charge in [-0.05, 0) is 42.5 Å². The van der Waals surface area contributed by atoms with Crippen LogP contribution in [0.3, 0.4) is 0 Å². The third-order valence-electron chi connectivity index (χ3n) is 4.51. The van der Waals surface area contributed by atoms with Crippen molar-refractivity contribution in [2.45, 2.75) is 19.4 Å². The highest BCUT2D eigenvalue weighted by atomic mass is 16.3. The number of anilines is 1. The average molecular weight is 337 g/mol. The fourth-order valence-electron chi connectivity index (χ4n) is 3.15. The Labute approximate surface area is 144 Å². The third-order valence-corrected chi connectivity index (χ3v) is 4.51. The number of aryl methyl sites for hydroxylation is 1. The summed E-state index contributed by atoms with van der Waals surface area (Å²) >= 11 is 0. The average Bonchev–Trinajstić information content (AvgIpc) is 3.22. The van der Waals surface area contributed by atoms with E-state index in [4.69, 9.17) is 10.2 Å². The van der Waals surface area contributed by atoms with Gasteiger partial charge in [-0.15, -0.1) is 0 Å². The van der Waals surface area contributed by atoms with Crippen LogP contribution in [0.25, 0.3) is 22.5 Å². The molecule has 7 heteroatoms. The van der Waals surface area contributed by atoms with E-state index in [2.05, 4.69) is 21.0 Å². The summed E-state index contributed by atoms with van der Waals surface area (Å²) in [7, 11) is 0. The number of aliphatic hydroxyl groups is 1. The molecule has 7 nitrogen and oxygen atoms in total. The number of nitrogens with zero attached hydrogens (tertiary/aromatic N) is 4. The van der Waals surface area contributed by atoms with Crippen LogP contribution in [0.5, 0.6) is 0 Å². The molecule has 0 saturated heterocycles. The molecule has 4 rings (SSSR count). The van der Waals surface area contributed by atoms with Crippen LogP contribution < -0.4 is 5.73 Å². The zero-order valence-corrected chi connectivity index (χ0v) is 13.7. The van der Waals surface area contributed by atoms with E-state index in [1.165, 1.54) is 5.56 Å². The summed E-state index contributed by atoms with van der Waals surface area (Å²) < 4.78 is 7.44. The van der Waals surface area contributed by atoms with E-state index in [0.29, 0.717) is 6.54 Å². The van der Waals surface area contributed by atoms with Crippen molar-refractivity contribution in [2.24, 2.45) is 5.92 Å². The van der Waals surface area contributed by atoms with Gasteiger partial charge in [-0.2, -0.15) is 4.98 Å². The number of rotatable bonds is 6. The number of imidazole rings is 1. The molecule has 0 aromatic carbocycles. The quantitative estimate of drug-likeness (QED) is 0.560. The Balaban J connectivity index is 1.48. The molecule has 2 aromatic heterocycles. The first kappa shape index (κ1) is 15.6. The molecule has 0 radical (unpaired) electrons. The zero-order chi connectivity index (χ0) is 17.2. The van der Waals surface area contributed by atoms with Crippen molar-refractivity contribution in [3.05, 3.63) is 48.6 Å². The van der Waals surface area contributed by atoms with Gasteiger partial charge in [-0.1, -0.05) is 6.07 Å². The van der Waals surface area contributed by atoms with Crippen LogP contribution in [0, 0.1) is 5.92 Å². The molecule has 3 N–H and O–H groups in total. The first-order valence-electron chi connectivity index (χ1n) is 8.24. The fourth-order valence-corrected chi connectivity index (χ4v) is 3.15. The number of hydrogen-bond donors (Lipinski definition) is 2. The summed E-state index contributed by atoms with van der Waals surface area (Å²) in [5, 5.41) is 9.79. The molecule has 0 saturated carbocycles. The number of nitrogens with two attached hydrogens (primary N) is 1. The van der Waals surface area contributed by atoms with Gasteiger partial charge in [0, 0.05) is 18.7 Å². The van der Waals surface area contributed by atoms with Gasteiger partial charge in [0.05, 0.1) is 18.8 Å². The molecule has 0 bridgehead atoms. The molecule has 2 aliphatic rings. The molecule has 0 fully saturated rings. The van der Waals surface area contributed by atoms with Gasteiger partial charge in [-0.3, -0.25) is 0 Å². The predicted octanol–water partition coefficient (Wildman–Crippen LogP) is 2.35. The van der Waals surface area contributed by atoms with Gasteiger partial charge in [0.2, 0.25) is 5.95 Å². The van der Waals surface area contributed by atoms with Crippen LogP contribution in [-0.2, 0) is 13.0 Å². The minimum absolute atomic E-state index is 0.125. The Morgan fingerprint density at radius 3 is 3.04 bits per heavy atom. The Morgan fingerprint density at radius 1 is 1.24 bits per heavy atom. The van der Waals surface area contributed by atoms with Crippen molar-refractivity contribution in [3.8, 4) is 11.3 Å². The van der Waals surface area contributed by atoms with E-state index in [-0.39, 0.29) is 18.5 Å². The van der Waals surface area contributed by atoms with Crippen molar-refractivity contribution in [3.63, 3.8) is 0 Å². The Bertz CT molecular complexity index is 961. The van der Waals surface area contributed by atoms with Gasteiger partial charge in [0.1, 0.15) is 11.3 Å². The van der Waals surface area contributed by atoms with Crippen LogP contribution in [0.1, 0.15) is 12.0 Å². The highest BCUT2D eigenvalue weighted by Crippen LogP contribution is 2.30. The first-order chi connectivity index (χ1) is 12.2. The smallest absolute Gasteiger partial charge is 0.222 e. The lowest BCUT2D eigenvalue weighted by molar-refractivity contribution is 0.213. The van der Waals surface area contributed by atoms with E-state index in [1.807, 2.05) is 22.8 Å². The Kier molecular flexibility index (Phi) is 4.07. The third kappa shape index (κ3) is 3.06. The summed E-state index contributed by atoms with van der Waals surface area (Å²) in [5.41, 5.74) is 9.41. The normalized spacial score (nSPS) is 12.8. The van der Waals surface area contributed by atoms with Crippen molar-refractivity contribution < 1.29 is 9.52 Å². The van der Waals surface area contributed by atoms with E-state index < -0.39 is 0 Å². The van der Waals surface area contributed by atoms with Crippen LogP contribution >= 0.6 is 0 Å². The number of hydrogen-bond acceptors (Lipinski definition) is 6. The molecule has 1 aliphatic heterocycles. The van der Waals surface area contributed by atoms with Gasteiger partial charge in [0.25, 0.3) is 0 Å². The van der Waals surface area contributed by atoms with Gasteiger partial charge < -0.3 is 19.8 Å². The molecule has 3 heterocycles. The highest BCUT2D eigenvalue weighted by Gasteiger charge is 2.16. The molecule has 25 heavy (non-hydrogen) atoms. The summed E-state index contributed by atoms with van der Waals surface area (Å²) in [4.78, 5) is 12.5. The van der Waals surface area contributed by atoms with Crippen molar-refractivity contribution in [1.29, 1.82) is 0 Å². The maximum absolute atomic E-state index is 9.79. The molecule has 2 aromatic rings. The molecular weight excluding hydrogens is 318 g/mol. The monoisotopic (exact) mass is 337 g/mol. The topological polar surface area (TPSA) is 103 Å². The second-order valence-electron chi connectivity index (χ2n) is 6.17. The van der Waals surface area contributed by atoms with E-state index in [9.17, 15) is 5.11 Å². The lowest BCUT2D eigenvalue weighted by atomic mass is 9.96. The lowest BCUT2D eigenvalue weighted by Gasteiger charge is -2.15. The summed E-state index contributed by atoms with van der Waals surface area (Å²) in [5.74, 6) is 1.25. The SMILES string of the molecule is Nc1ncc2ncn(CCC(CO)Cc3ccc4occcc3-4)c2n1. The van der Waals surface area contributed by atoms with E-state index >= 15 is 0 Å². The second kappa shape index (κ2) is 6.52. The maximum atomic E-state index is 9.79. The van der Waals surface area contributed by atoms with Crippen LogP contribution in [0.15, 0.2) is 47.5 Å². The van der Waals surface area contributed by atoms with Crippen LogP contribution in [0.2, 0.25) is 0 Å². The molecule has 0 spiro atoms. The van der Waals surface area contributed by atoms with Crippen molar-refractivity contribution in [1.82, 2.24) is 19.5 Å². The molecule has 1 unspecified atom stereocenters. The van der Waals surface area contributed by atoms with Gasteiger partial charge in [-0.25, -0.2) is 9.97 Å². The zero-order valence-electron chi connectivity index (χ0n) is 13.7. The number of fused-ring (bicyclic) bond motifs is 2. The minimum Gasteiger partial charge on any atom is -0.464 e. The number of aromatic nitrogens is 4. The lowest BCUT2D eigenvalue weighted by Crippen LogP contribution is -2.13. The molecule has 0 amide bonds. The second-order valence-corrected chi connectivity index (χ2v) is 6.17. The standard InChI is InChI=1S/C18H19N5O2/c19-18-20-9-15-17(22-18)23(11-21-15)6-5-12(10-24)8-13-3-4-16-14(13)2-1-7-25-16/h1-4,7,9,11-12,24H,5-6,8,10H2,(H2,19,20,22). The highest BCUT2D eigenvalue weighted by molar-refractivity contribution is 5.70. The summed E-state index contributed by atoms with van der Waals surface area (Å²) in [6, 6.07) is 7.98. The molecule has 128 valence electrons. The van der Waals surface area contributed by atoms with E-state index in [0.717, 1.165) is 35.3 Å². The Hall–Kier alpha value is -2.93. The fraction of sp³-hybridized carbons (Fsp3) is 0.278. The van der Waals surface area contributed by atoms with Crippen LogP contribution in [-0.4, -0.2) is 31.2 Å².